The number of nitrogens with zero attached hydrogens (tertiary/aromatic N) is 3. The predicted octanol–water partition coefficient (Wildman–Crippen LogP) is 2.14. The molecule has 5 nitrogen and oxygen atoms in total. The maximum absolute atomic E-state index is 13.1. The third-order valence-corrected chi connectivity index (χ3v) is 4.45. The van der Waals surface area contributed by atoms with Crippen LogP contribution in [0.5, 0.6) is 0 Å². The van der Waals surface area contributed by atoms with Gasteiger partial charge in [0.2, 0.25) is 0 Å². The lowest BCUT2D eigenvalue weighted by atomic mass is 10.1. The number of aliphatic hydroxyl groups is 1. The Labute approximate surface area is 136 Å². The maximum atomic E-state index is 13.1. The zero-order valence-corrected chi connectivity index (χ0v) is 13.6. The molecule has 1 aliphatic rings. The molecule has 0 spiro atoms. The molecule has 0 bridgehead atoms. The SMILES string of the molecule is Cc1nn(C)cc1C(=O)N(Cc1ccccc1)[C@H](CO)C1CC1. The first-order valence-electron chi connectivity index (χ1n) is 8.06. The number of carbonyl (C=O) groups excluding carboxylic acids is 1. The van der Waals surface area contributed by atoms with E-state index in [1.165, 1.54) is 0 Å². The lowest BCUT2D eigenvalue weighted by Crippen LogP contribution is -2.43. The largest absolute Gasteiger partial charge is 0.394 e. The molecule has 1 aromatic heterocycles. The molecular formula is C18H23N3O2. The van der Waals surface area contributed by atoms with Crippen LogP contribution in [0.4, 0.5) is 0 Å². The highest BCUT2D eigenvalue weighted by Gasteiger charge is 2.37. The zero-order chi connectivity index (χ0) is 16.4. The van der Waals surface area contributed by atoms with Crippen molar-refractivity contribution < 1.29 is 9.90 Å². The fourth-order valence-corrected chi connectivity index (χ4v) is 3.07. The van der Waals surface area contributed by atoms with E-state index in [-0.39, 0.29) is 18.6 Å². The lowest BCUT2D eigenvalue weighted by Gasteiger charge is -2.31. The normalized spacial score (nSPS) is 15.4. The molecule has 0 aliphatic heterocycles. The molecule has 1 aromatic carbocycles. The summed E-state index contributed by atoms with van der Waals surface area (Å²) in [5, 5.41) is 14.1. The molecule has 3 rings (SSSR count). The van der Waals surface area contributed by atoms with E-state index in [2.05, 4.69) is 5.10 Å². The Morgan fingerprint density at radius 2 is 2.09 bits per heavy atom. The molecule has 1 amide bonds. The molecule has 1 heterocycles. The van der Waals surface area contributed by atoms with E-state index in [0.717, 1.165) is 24.1 Å². The minimum absolute atomic E-state index is 0.00253. The molecule has 122 valence electrons. The van der Waals surface area contributed by atoms with Crippen LogP contribution < -0.4 is 0 Å². The first-order valence-corrected chi connectivity index (χ1v) is 8.06. The van der Waals surface area contributed by atoms with Crippen molar-refractivity contribution in [2.24, 2.45) is 13.0 Å². The fourth-order valence-electron chi connectivity index (χ4n) is 3.07. The number of benzene rings is 1. The Morgan fingerprint density at radius 3 is 2.61 bits per heavy atom. The molecule has 0 saturated heterocycles. The van der Waals surface area contributed by atoms with E-state index >= 15 is 0 Å². The number of hydrogen-bond acceptors (Lipinski definition) is 3. The Kier molecular flexibility index (Phi) is 4.48. The summed E-state index contributed by atoms with van der Waals surface area (Å²) in [4.78, 5) is 14.9. The van der Waals surface area contributed by atoms with E-state index in [4.69, 9.17) is 0 Å². The van der Waals surface area contributed by atoms with E-state index in [0.29, 0.717) is 18.0 Å². The van der Waals surface area contributed by atoms with Crippen LogP contribution in [0.25, 0.3) is 0 Å². The predicted molar refractivity (Wildman–Crippen MR) is 87.9 cm³/mol. The number of amides is 1. The Bertz CT molecular complexity index is 677. The quantitative estimate of drug-likeness (QED) is 0.889. The zero-order valence-electron chi connectivity index (χ0n) is 13.6. The minimum Gasteiger partial charge on any atom is -0.394 e. The molecular weight excluding hydrogens is 290 g/mol. The summed E-state index contributed by atoms with van der Waals surface area (Å²) in [6.45, 7) is 2.36. The molecule has 0 unspecified atom stereocenters. The lowest BCUT2D eigenvalue weighted by molar-refractivity contribution is 0.0530. The molecule has 2 aromatic rings. The van der Waals surface area contributed by atoms with Crippen LogP contribution in [0.1, 0.15) is 34.5 Å². The maximum Gasteiger partial charge on any atom is 0.257 e. The summed E-state index contributed by atoms with van der Waals surface area (Å²) in [6.07, 6.45) is 3.92. The average molecular weight is 313 g/mol. The van der Waals surface area contributed by atoms with Gasteiger partial charge in [-0.25, -0.2) is 0 Å². The van der Waals surface area contributed by atoms with E-state index in [1.807, 2.05) is 49.2 Å². The molecule has 23 heavy (non-hydrogen) atoms. The van der Waals surface area contributed by atoms with Crippen LogP contribution in [0.3, 0.4) is 0 Å². The van der Waals surface area contributed by atoms with Crippen LogP contribution in [0.15, 0.2) is 36.5 Å². The average Bonchev–Trinajstić information content (AvgIpc) is 3.32. The highest BCUT2D eigenvalue weighted by Crippen LogP contribution is 2.36. The number of aromatic nitrogens is 2. The molecule has 1 fully saturated rings. The van der Waals surface area contributed by atoms with Crippen molar-refractivity contribution in [3.63, 3.8) is 0 Å². The number of aliphatic hydroxyl groups excluding tert-OH is 1. The highest BCUT2D eigenvalue weighted by molar-refractivity contribution is 5.95. The first kappa shape index (κ1) is 15.7. The van der Waals surface area contributed by atoms with Crippen molar-refractivity contribution in [2.75, 3.05) is 6.61 Å². The smallest absolute Gasteiger partial charge is 0.257 e. The summed E-state index contributed by atoms with van der Waals surface area (Å²) in [7, 11) is 1.82. The Morgan fingerprint density at radius 1 is 1.39 bits per heavy atom. The van der Waals surface area contributed by atoms with Crippen molar-refractivity contribution in [2.45, 2.75) is 32.4 Å². The van der Waals surface area contributed by atoms with Gasteiger partial charge in [-0.05, 0) is 31.2 Å². The summed E-state index contributed by atoms with van der Waals surface area (Å²) in [6, 6.07) is 9.81. The van der Waals surface area contributed by atoms with Gasteiger partial charge in [0.15, 0.2) is 0 Å². The number of aryl methyl sites for hydroxylation is 2. The highest BCUT2D eigenvalue weighted by atomic mass is 16.3. The van der Waals surface area contributed by atoms with Crippen molar-refractivity contribution in [1.82, 2.24) is 14.7 Å². The molecule has 1 N–H and O–H groups in total. The Hall–Kier alpha value is -2.14. The summed E-state index contributed by atoms with van der Waals surface area (Å²) >= 11 is 0. The second-order valence-corrected chi connectivity index (χ2v) is 6.31. The monoisotopic (exact) mass is 313 g/mol. The number of rotatable bonds is 6. The van der Waals surface area contributed by atoms with Crippen molar-refractivity contribution in [3.8, 4) is 0 Å². The van der Waals surface area contributed by atoms with Crippen LogP contribution in [-0.4, -0.2) is 38.3 Å². The number of carbonyl (C=O) groups is 1. The van der Waals surface area contributed by atoms with Crippen LogP contribution in [0.2, 0.25) is 0 Å². The Balaban J connectivity index is 1.90. The second kappa shape index (κ2) is 6.54. The van der Waals surface area contributed by atoms with Gasteiger partial charge in [-0.15, -0.1) is 0 Å². The van der Waals surface area contributed by atoms with E-state index in [9.17, 15) is 9.90 Å². The van der Waals surface area contributed by atoms with E-state index in [1.54, 1.807) is 10.9 Å². The van der Waals surface area contributed by atoms with Crippen LogP contribution in [-0.2, 0) is 13.6 Å². The second-order valence-electron chi connectivity index (χ2n) is 6.31. The molecule has 0 radical (unpaired) electrons. The van der Waals surface area contributed by atoms with Gasteiger partial charge in [-0.3, -0.25) is 9.48 Å². The van der Waals surface area contributed by atoms with Gasteiger partial charge in [0.05, 0.1) is 23.9 Å². The third kappa shape index (κ3) is 3.45. The summed E-state index contributed by atoms with van der Waals surface area (Å²) in [5.74, 6) is 0.357. The molecule has 1 aliphatic carbocycles. The van der Waals surface area contributed by atoms with Gasteiger partial charge in [-0.2, -0.15) is 5.10 Å². The van der Waals surface area contributed by atoms with Crippen molar-refractivity contribution >= 4 is 5.91 Å². The first-order chi connectivity index (χ1) is 11.1. The number of hydrogen-bond donors (Lipinski definition) is 1. The van der Waals surface area contributed by atoms with Gasteiger partial charge in [-0.1, -0.05) is 30.3 Å². The third-order valence-electron chi connectivity index (χ3n) is 4.45. The van der Waals surface area contributed by atoms with Gasteiger partial charge in [0.25, 0.3) is 5.91 Å². The van der Waals surface area contributed by atoms with Crippen LogP contribution >= 0.6 is 0 Å². The van der Waals surface area contributed by atoms with Crippen molar-refractivity contribution in [3.05, 3.63) is 53.3 Å². The topological polar surface area (TPSA) is 58.4 Å². The fraction of sp³-hybridized carbons (Fsp3) is 0.444. The minimum atomic E-state index is -0.123. The van der Waals surface area contributed by atoms with Crippen molar-refractivity contribution in [1.29, 1.82) is 0 Å². The van der Waals surface area contributed by atoms with Gasteiger partial charge in [0.1, 0.15) is 0 Å². The molecule has 1 saturated carbocycles. The van der Waals surface area contributed by atoms with Gasteiger partial charge >= 0.3 is 0 Å². The van der Waals surface area contributed by atoms with Crippen LogP contribution in [0, 0.1) is 12.8 Å². The van der Waals surface area contributed by atoms with E-state index < -0.39 is 0 Å². The summed E-state index contributed by atoms with van der Waals surface area (Å²) in [5.41, 5.74) is 2.41. The molecule has 1 atom stereocenters. The van der Waals surface area contributed by atoms with Gasteiger partial charge in [0, 0.05) is 19.8 Å². The van der Waals surface area contributed by atoms with Gasteiger partial charge < -0.3 is 10.0 Å². The standard InChI is InChI=1S/C18H23N3O2/c1-13-16(11-20(2)19-13)18(23)21(17(12-22)15-8-9-15)10-14-6-4-3-5-7-14/h3-7,11,15,17,22H,8-10,12H2,1-2H3/t17-/m1/s1. The summed E-state index contributed by atoms with van der Waals surface area (Å²) < 4.78 is 1.66. The molecule has 5 heteroatoms.